The smallest absolute Gasteiger partial charge is 0.267 e. The summed E-state index contributed by atoms with van der Waals surface area (Å²) in [6.45, 7) is 8.17. The Kier molecular flexibility index (Phi) is 5.21. The van der Waals surface area contributed by atoms with E-state index in [0.717, 1.165) is 18.7 Å². The van der Waals surface area contributed by atoms with Crippen molar-refractivity contribution in [2.24, 2.45) is 11.8 Å². The van der Waals surface area contributed by atoms with Crippen molar-refractivity contribution >= 4 is 11.6 Å². The number of likely N-dealkylation sites (tertiary alicyclic amines) is 1. The van der Waals surface area contributed by atoms with Crippen molar-refractivity contribution in [3.63, 3.8) is 0 Å². The summed E-state index contributed by atoms with van der Waals surface area (Å²) in [7, 11) is 0. The molecule has 0 saturated carbocycles. The van der Waals surface area contributed by atoms with Crippen LogP contribution < -0.4 is 5.32 Å². The summed E-state index contributed by atoms with van der Waals surface area (Å²) >= 11 is 0. The maximum Gasteiger partial charge on any atom is 0.267 e. The number of amides is 1. The van der Waals surface area contributed by atoms with E-state index in [-0.39, 0.29) is 11.5 Å². The number of nitriles is 1. The molecule has 2 unspecified atom stereocenters. The Bertz CT molecular complexity index is 605. The van der Waals surface area contributed by atoms with Crippen LogP contribution in [0, 0.1) is 30.1 Å². The van der Waals surface area contributed by atoms with Gasteiger partial charge in [0.25, 0.3) is 5.91 Å². The first-order valence-electron chi connectivity index (χ1n) is 7.72. The minimum absolute atomic E-state index is 0.155. The van der Waals surface area contributed by atoms with Gasteiger partial charge in [-0.25, -0.2) is 0 Å². The normalized spacial score (nSPS) is 22.1. The first kappa shape index (κ1) is 16.1. The van der Waals surface area contributed by atoms with E-state index in [4.69, 9.17) is 0 Å². The van der Waals surface area contributed by atoms with Crippen LogP contribution >= 0.6 is 0 Å². The first-order valence-corrected chi connectivity index (χ1v) is 7.72. The van der Waals surface area contributed by atoms with Crippen molar-refractivity contribution in [3.8, 4) is 6.07 Å². The molecule has 4 nitrogen and oxygen atoms in total. The molecule has 22 heavy (non-hydrogen) atoms. The Morgan fingerprint density at radius 1 is 1.36 bits per heavy atom. The molecule has 4 heteroatoms. The number of hydrogen-bond donors (Lipinski definition) is 1. The van der Waals surface area contributed by atoms with Crippen LogP contribution in [0.1, 0.15) is 25.8 Å². The predicted molar refractivity (Wildman–Crippen MR) is 88.0 cm³/mol. The third kappa shape index (κ3) is 4.36. The number of nitrogens with one attached hydrogen (secondary N) is 1. The molecular weight excluding hydrogens is 274 g/mol. The second-order valence-electron chi connectivity index (χ2n) is 6.38. The molecule has 1 heterocycles. The maximum atomic E-state index is 12.3. The zero-order chi connectivity index (χ0) is 16.1. The van der Waals surface area contributed by atoms with Crippen molar-refractivity contribution in [1.82, 2.24) is 4.90 Å². The van der Waals surface area contributed by atoms with Gasteiger partial charge < -0.3 is 10.2 Å². The molecule has 1 fully saturated rings. The van der Waals surface area contributed by atoms with E-state index in [1.807, 2.05) is 37.3 Å². The van der Waals surface area contributed by atoms with Crippen LogP contribution in [0.5, 0.6) is 0 Å². The van der Waals surface area contributed by atoms with Crippen LogP contribution in [0.3, 0.4) is 0 Å². The molecular formula is C18H23N3O. The minimum Gasteiger partial charge on any atom is -0.376 e. The fourth-order valence-corrected chi connectivity index (χ4v) is 3.06. The summed E-state index contributed by atoms with van der Waals surface area (Å²) in [4.78, 5) is 14.4. The molecule has 1 aromatic rings. The summed E-state index contributed by atoms with van der Waals surface area (Å²) in [6, 6.07) is 9.58. The number of aryl methyl sites for hydroxylation is 1. The Balaban J connectivity index is 2.08. The quantitative estimate of drug-likeness (QED) is 0.688. The number of carbonyl (C=O) groups is 1. The monoisotopic (exact) mass is 297 g/mol. The highest BCUT2D eigenvalue weighted by molar-refractivity contribution is 6.06. The van der Waals surface area contributed by atoms with Crippen LogP contribution in [-0.2, 0) is 4.79 Å². The van der Waals surface area contributed by atoms with Gasteiger partial charge in [0.1, 0.15) is 11.6 Å². The lowest BCUT2D eigenvalue weighted by Gasteiger charge is -2.34. The van der Waals surface area contributed by atoms with E-state index in [1.165, 1.54) is 6.42 Å². The number of anilines is 1. The largest absolute Gasteiger partial charge is 0.376 e. The van der Waals surface area contributed by atoms with E-state index < -0.39 is 0 Å². The van der Waals surface area contributed by atoms with Gasteiger partial charge in [0, 0.05) is 25.0 Å². The highest BCUT2D eigenvalue weighted by Gasteiger charge is 2.21. The summed E-state index contributed by atoms with van der Waals surface area (Å²) in [5.41, 5.74) is 1.94. The van der Waals surface area contributed by atoms with Gasteiger partial charge in [0.15, 0.2) is 0 Å². The maximum absolute atomic E-state index is 12.3. The van der Waals surface area contributed by atoms with Gasteiger partial charge in [-0.15, -0.1) is 0 Å². The molecule has 0 aliphatic carbocycles. The zero-order valence-corrected chi connectivity index (χ0v) is 13.5. The van der Waals surface area contributed by atoms with Gasteiger partial charge in [0.05, 0.1) is 0 Å². The van der Waals surface area contributed by atoms with Crippen LogP contribution in [0.4, 0.5) is 5.69 Å². The lowest BCUT2D eigenvalue weighted by atomic mass is 9.92. The fraction of sp³-hybridized carbons (Fsp3) is 0.444. The second kappa shape index (κ2) is 7.13. The molecule has 1 amide bonds. The van der Waals surface area contributed by atoms with E-state index in [2.05, 4.69) is 24.1 Å². The predicted octanol–water partition coefficient (Wildman–Crippen LogP) is 3.32. The third-order valence-electron chi connectivity index (χ3n) is 3.85. The Morgan fingerprint density at radius 2 is 2.05 bits per heavy atom. The number of hydrogen-bond acceptors (Lipinski definition) is 3. The molecule has 0 aromatic heterocycles. The molecule has 2 rings (SSSR count). The molecule has 1 aliphatic rings. The summed E-state index contributed by atoms with van der Waals surface area (Å²) in [5, 5.41) is 12.1. The van der Waals surface area contributed by atoms with Gasteiger partial charge in [-0.2, -0.15) is 5.26 Å². The van der Waals surface area contributed by atoms with Gasteiger partial charge in [-0.3, -0.25) is 4.79 Å². The highest BCUT2D eigenvalue weighted by Crippen LogP contribution is 2.21. The van der Waals surface area contributed by atoms with Crippen molar-refractivity contribution in [2.45, 2.75) is 27.2 Å². The summed E-state index contributed by atoms with van der Waals surface area (Å²) in [5.74, 6) is 0.818. The molecule has 0 radical (unpaired) electrons. The average molecular weight is 297 g/mol. The number of benzene rings is 1. The topological polar surface area (TPSA) is 56.1 Å². The number of rotatable bonds is 3. The van der Waals surface area contributed by atoms with Gasteiger partial charge in [-0.05, 0) is 42.9 Å². The average Bonchev–Trinajstić information content (AvgIpc) is 2.43. The molecule has 0 bridgehead atoms. The Morgan fingerprint density at radius 3 is 2.64 bits per heavy atom. The molecule has 1 aliphatic heterocycles. The minimum atomic E-state index is -0.348. The van der Waals surface area contributed by atoms with E-state index in [9.17, 15) is 10.1 Å². The number of nitrogens with zero attached hydrogens (tertiary/aromatic N) is 2. The van der Waals surface area contributed by atoms with Crippen LogP contribution in [0.2, 0.25) is 0 Å². The lowest BCUT2D eigenvalue weighted by Crippen LogP contribution is -2.35. The van der Waals surface area contributed by atoms with Gasteiger partial charge >= 0.3 is 0 Å². The summed E-state index contributed by atoms with van der Waals surface area (Å²) in [6.07, 6.45) is 2.90. The lowest BCUT2D eigenvalue weighted by molar-refractivity contribution is -0.112. The Labute approximate surface area is 132 Å². The molecule has 1 N–H and O–H groups in total. The fourth-order valence-electron chi connectivity index (χ4n) is 3.06. The summed E-state index contributed by atoms with van der Waals surface area (Å²) < 4.78 is 0. The van der Waals surface area contributed by atoms with Crippen molar-refractivity contribution < 1.29 is 4.79 Å². The van der Waals surface area contributed by atoms with Crippen molar-refractivity contribution in [3.05, 3.63) is 41.6 Å². The third-order valence-corrected chi connectivity index (χ3v) is 3.85. The van der Waals surface area contributed by atoms with Crippen LogP contribution in [-0.4, -0.2) is 23.9 Å². The zero-order valence-electron chi connectivity index (χ0n) is 13.5. The van der Waals surface area contributed by atoms with Gasteiger partial charge in [-0.1, -0.05) is 26.0 Å². The SMILES string of the molecule is Cc1cccc(NC(=O)/C(C#N)=C\N2CC(C)CC(C)C2)c1. The molecule has 1 saturated heterocycles. The van der Waals surface area contributed by atoms with Crippen molar-refractivity contribution in [2.75, 3.05) is 18.4 Å². The van der Waals surface area contributed by atoms with Crippen molar-refractivity contribution in [1.29, 1.82) is 5.26 Å². The van der Waals surface area contributed by atoms with Gasteiger partial charge in [0.2, 0.25) is 0 Å². The van der Waals surface area contributed by atoms with E-state index >= 15 is 0 Å². The van der Waals surface area contributed by atoms with Crippen LogP contribution in [0.25, 0.3) is 0 Å². The molecule has 1 aromatic carbocycles. The molecule has 0 spiro atoms. The standard InChI is InChI=1S/C18H23N3O/c1-13-5-4-6-17(8-13)20-18(22)16(9-19)12-21-10-14(2)7-15(3)11-21/h4-6,8,12,14-15H,7,10-11H2,1-3H3,(H,20,22)/b16-12-. The first-order chi connectivity index (χ1) is 10.5. The van der Waals surface area contributed by atoms with Crippen LogP contribution in [0.15, 0.2) is 36.0 Å². The Hall–Kier alpha value is -2.28. The highest BCUT2D eigenvalue weighted by atomic mass is 16.1. The molecule has 116 valence electrons. The van der Waals surface area contributed by atoms with E-state index in [0.29, 0.717) is 17.5 Å². The molecule has 2 atom stereocenters. The van der Waals surface area contributed by atoms with E-state index in [1.54, 1.807) is 6.20 Å². The number of carbonyl (C=O) groups excluding carboxylic acids is 1. The number of piperidine rings is 1. The second-order valence-corrected chi connectivity index (χ2v) is 6.38.